The molecule has 0 radical (unpaired) electrons. The zero-order valence-corrected chi connectivity index (χ0v) is 13.6. The molecule has 2 aromatic carbocycles. The van der Waals surface area contributed by atoms with Crippen molar-refractivity contribution in [1.29, 1.82) is 5.26 Å². The molecule has 0 aliphatic rings. The second kappa shape index (κ2) is 6.64. The lowest BCUT2D eigenvalue weighted by Gasteiger charge is -2.18. The highest BCUT2D eigenvalue weighted by atomic mass is 19.1. The highest BCUT2D eigenvalue weighted by Gasteiger charge is 2.19. The Kier molecular flexibility index (Phi) is 4.37. The standard InChI is InChI=1S/C18H13FN4O3/c1-10(21-18(25)26)16-22-15-6-5-12(19)8-14(15)17(24)23(16)13-4-2-3-11(7-13)9-20/h2-8,10,21H,1H3,(H,25,26). The molecule has 0 spiro atoms. The van der Waals surface area contributed by atoms with Gasteiger partial charge in [-0.2, -0.15) is 5.26 Å². The van der Waals surface area contributed by atoms with Gasteiger partial charge in [-0.3, -0.25) is 9.36 Å². The Labute approximate surface area is 147 Å². The lowest BCUT2D eigenvalue weighted by molar-refractivity contribution is 0.190. The van der Waals surface area contributed by atoms with Crippen LogP contribution in [0.3, 0.4) is 0 Å². The summed E-state index contributed by atoms with van der Waals surface area (Å²) < 4.78 is 14.8. The fourth-order valence-corrected chi connectivity index (χ4v) is 2.68. The van der Waals surface area contributed by atoms with E-state index >= 15 is 0 Å². The number of nitriles is 1. The molecule has 8 heteroatoms. The quantitative estimate of drug-likeness (QED) is 0.753. The lowest BCUT2D eigenvalue weighted by Crippen LogP contribution is -2.32. The van der Waals surface area contributed by atoms with E-state index in [-0.39, 0.29) is 16.7 Å². The van der Waals surface area contributed by atoms with Crippen LogP contribution in [0.2, 0.25) is 0 Å². The summed E-state index contributed by atoms with van der Waals surface area (Å²) in [5.41, 5.74) is 0.344. The van der Waals surface area contributed by atoms with Crippen molar-refractivity contribution < 1.29 is 14.3 Å². The van der Waals surface area contributed by atoms with E-state index in [0.717, 1.165) is 6.07 Å². The molecule has 2 N–H and O–H groups in total. The van der Waals surface area contributed by atoms with Gasteiger partial charge in [-0.05, 0) is 43.3 Å². The molecule has 7 nitrogen and oxygen atoms in total. The highest BCUT2D eigenvalue weighted by molar-refractivity contribution is 5.78. The molecule has 1 heterocycles. The first kappa shape index (κ1) is 17.1. The van der Waals surface area contributed by atoms with Crippen LogP contribution in [-0.2, 0) is 0 Å². The summed E-state index contributed by atoms with van der Waals surface area (Å²) in [6.45, 7) is 1.54. The van der Waals surface area contributed by atoms with Crippen molar-refractivity contribution in [3.8, 4) is 11.8 Å². The van der Waals surface area contributed by atoms with Crippen LogP contribution in [0.15, 0.2) is 47.3 Å². The van der Waals surface area contributed by atoms with Crippen LogP contribution in [0.4, 0.5) is 9.18 Å². The van der Waals surface area contributed by atoms with Gasteiger partial charge in [0.05, 0.1) is 34.3 Å². The molecule has 0 aliphatic heterocycles. The topological polar surface area (TPSA) is 108 Å². The largest absolute Gasteiger partial charge is 0.465 e. The lowest BCUT2D eigenvalue weighted by atomic mass is 10.1. The van der Waals surface area contributed by atoms with E-state index in [1.807, 2.05) is 6.07 Å². The summed E-state index contributed by atoms with van der Waals surface area (Å²) in [6, 6.07) is 11.0. The maximum Gasteiger partial charge on any atom is 0.405 e. The highest BCUT2D eigenvalue weighted by Crippen LogP contribution is 2.19. The van der Waals surface area contributed by atoms with Gasteiger partial charge in [-0.25, -0.2) is 14.2 Å². The third kappa shape index (κ3) is 3.10. The third-order valence-corrected chi connectivity index (χ3v) is 3.82. The average Bonchev–Trinajstić information content (AvgIpc) is 2.61. The molecular formula is C18H13FN4O3. The minimum absolute atomic E-state index is 0.0543. The second-order valence-corrected chi connectivity index (χ2v) is 5.61. The molecule has 3 aromatic rings. The molecule has 0 saturated carbocycles. The second-order valence-electron chi connectivity index (χ2n) is 5.61. The average molecular weight is 352 g/mol. The number of carboxylic acid groups (broad SMARTS) is 1. The normalized spacial score (nSPS) is 11.7. The summed E-state index contributed by atoms with van der Waals surface area (Å²) in [6.07, 6.45) is -1.27. The first-order valence-corrected chi connectivity index (χ1v) is 7.63. The monoisotopic (exact) mass is 352 g/mol. The number of halogens is 1. The number of benzene rings is 2. The number of nitrogens with zero attached hydrogens (tertiary/aromatic N) is 3. The van der Waals surface area contributed by atoms with Crippen LogP contribution in [0.25, 0.3) is 16.6 Å². The van der Waals surface area contributed by atoms with Crippen LogP contribution >= 0.6 is 0 Å². The van der Waals surface area contributed by atoms with Crippen molar-refractivity contribution in [2.75, 3.05) is 0 Å². The molecule has 130 valence electrons. The van der Waals surface area contributed by atoms with Gasteiger partial charge in [0.2, 0.25) is 0 Å². The SMILES string of the molecule is CC(NC(=O)O)c1nc2ccc(F)cc2c(=O)n1-c1cccc(C#N)c1. The zero-order chi connectivity index (χ0) is 18.8. The van der Waals surface area contributed by atoms with E-state index in [1.165, 1.54) is 29.7 Å². The van der Waals surface area contributed by atoms with E-state index in [9.17, 15) is 14.0 Å². The van der Waals surface area contributed by atoms with Gasteiger partial charge < -0.3 is 10.4 Å². The molecule has 0 saturated heterocycles. The van der Waals surface area contributed by atoms with Gasteiger partial charge in [-0.15, -0.1) is 0 Å². The number of fused-ring (bicyclic) bond motifs is 1. The summed E-state index contributed by atoms with van der Waals surface area (Å²) in [5, 5.41) is 20.4. The van der Waals surface area contributed by atoms with Crippen LogP contribution < -0.4 is 10.9 Å². The van der Waals surface area contributed by atoms with E-state index in [0.29, 0.717) is 11.3 Å². The predicted molar refractivity (Wildman–Crippen MR) is 91.6 cm³/mol. The number of hydrogen-bond acceptors (Lipinski definition) is 4. The van der Waals surface area contributed by atoms with E-state index < -0.39 is 23.5 Å². The Hall–Kier alpha value is -3.73. The van der Waals surface area contributed by atoms with Crippen LogP contribution in [0.5, 0.6) is 0 Å². The zero-order valence-electron chi connectivity index (χ0n) is 13.6. The fourth-order valence-electron chi connectivity index (χ4n) is 2.68. The van der Waals surface area contributed by atoms with Gasteiger partial charge >= 0.3 is 6.09 Å². The Morgan fingerprint density at radius 3 is 2.81 bits per heavy atom. The third-order valence-electron chi connectivity index (χ3n) is 3.82. The number of nitrogens with one attached hydrogen (secondary N) is 1. The van der Waals surface area contributed by atoms with Gasteiger partial charge in [0.1, 0.15) is 11.6 Å². The van der Waals surface area contributed by atoms with E-state index in [4.69, 9.17) is 10.4 Å². The number of aromatic nitrogens is 2. The minimum atomic E-state index is -1.27. The molecule has 0 aliphatic carbocycles. The molecule has 0 fully saturated rings. The Morgan fingerprint density at radius 1 is 1.35 bits per heavy atom. The van der Waals surface area contributed by atoms with E-state index in [1.54, 1.807) is 18.2 Å². The first-order chi connectivity index (χ1) is 12.4. The summed E-state index contributed by atoms with van der Waals surface area (Å²) in [7, 11) is 0. The Balaban J connectivity index is 2.36. The molecule has 26 heavy (non-hydrogen) atoms. The van der Waals surface area contributed by atoms with Gasteiger partial charge in [0.15, 0.2) is 0 Å². The van der Waals surface area contributed by atoms with Crippen LogP contribution in [0.1, 0.15) is 24.4 Å². The Bertz CT molecular complexity index is 1120. The van der Waals surface area contributed by atoms with Crippen molar-refractivity contribution in [3.63, 3.8) is 0 Å². The van der Waals surface area contributed by atoms with Gasteiger partial charge in [0.25, 0.3) is 5.56 Å². The van der Waals surface area contributed by atoms with E-state index in [2.05, 4.69) is 10.3 Å². The van der Waals surface area contributed by atoms with Crippen molar-refractivity contribution in [1.82, 2.24) is 14.9 Å². The number of amides is 1. The van der Waals surface area contributed by atoms with Crippen LogP contribution in [0, 0.1) is 17.1 Å². The summed E-state index contributed by atoms with van der Waals surface area (Å²) >= 11 is 0. The minimum Gasteiger partial charge on any atom is -0.465 e. The molecule has 1 aromatic heterocycles. The summed E-state index contributed by atoms with van der Waals surface area (Å²) in [5.74, 6) is -0.454. The predicted octanol–water partition coefficient (Wildman–Crippen LogP) is 2.73. The maximum atomic E-state index is 13.6. The molecule has 3 rings (SSSR count). The Morgan fingerprint density at radius 2 is 2.12 bits per heavy atom. The van der Waals surface area contributed by atoms with Crippen molar-refractivity contribution in [3.05, 3.63) is 70.0 Å². The summed E-state index contributed by atoms with van der Waals surface area (Å²) in [4.78, 5) is 28.3. The van der Waals surface area contributed by atoms with Crippen LogP contribution in [-0.4, -0.2) is 20.8 Å². The fraction of sp³-hybridized carbons (Fsp3) is 0.111. The molecule has 0 bridgehead atoms. The number of hydrogen-bond donors (Lipinski definition) is 2. The first-order valence-electron chi connectivity index (χ1n) is 7.63. The van der Waals surface area contributed by atoms with Crippen molar-refractivity contribution in [2.24, 2.45) is 0 Å². The van der Waals surface area contributed by atoms with Gasteiger partial charge in [-0.1, -0.05) is 6.07 Å². The van der Waals surface area contributed by atoms with Crippen molar-refractivity contribution >= 4 is 17.0 Å². The molecule has 1 unspecified atom stereocenters. The molecule has 1 amide bonds. The van der Waals surface area contributed by atoms with Gasteiger partial charge in [0, 0.05) is 0 Å². The molecular weight excluding hydrogens is 339 g/mol. The molecule has 1 atom stereocenters. The number of carbonyl (C=O) groups is 1. The number of rotatable bonds is 3. The maximum absolute atomic E-state index is 13.6. The van der Waals surface area contributed by atoms with Crippen molar-refractivity contribution in [2.45, 2.75) is 13.0 Å². The smallest absolute Gasteiger partial charge is 0.405 e.